The molecule has 1 aromatic heterocycles. The molecule has 0 atom stereocenters. The summed E-state index contributed by atoms with van der Waals surface area (Å²) in [6, 6.07) is 0. The van der Waals surface area contributed by atoms with Crippen LogP contribution in [-0.4, -0.2) is 28.7 Å². The van der Waals surface area contributed by atoms with Crippen molar-refractivity contribution >= 4 is 0 Å². The average Bonchev–Trinajstić information content (AvgIpc) is 2.68. The van der Waals surface area contributed by atoms with Gasteiger partial charge in [-0.15, -0.1) is 0 Å². The number of nitrogens with zero attached hydrogens (tertiary/aromatic N) is 2. The predicted molar refractivity (Wildman–Crippen MR) is 72.4 cm³/mol. The average molecular weight is 251 g/mol. The van der Waals surface area contributed by atoms with Gasteiger partial charge >= 0.3 is 0 Å². The van der Waals surface area contributed by atoms with Crippen molar-refractivity contribution in [3.8, 4) is 0 Å². The first kappa shape index (κ1) is 13.6. The van der Waals surface area contributed by atoms with Crippen molar-refractivity contribution in [2.24, 2.45) is 0 Å². The van der Waals surface area contributed by atoms with Gasteiger partial charge in [0.25, 0.3) is 0 Å². The molecule has 0 fully saturated rings. The Hall–Kier alpha value is -0.870. The quantitative estimate of drug-likeness (QED) is 0.891. The summed E-state index contributed by atoms with van der Waals surface area (Å²) < 4.78 is 5.46. The monoisotopic (exact) mass is 251 g/mol. The number of hydrogen-bond donors (Lipinski definition) is 1. The van der Waals surface area contributed by atoms with E-state index in [1.807, 2.05) is 0 Å². The molecule has 0 amide bonds. The van der Waals surface area contributed by atoms with Crippen LogP contribution < -0.4 is 5.32 Å². The largest absolute Gasteiger partial charge is 0.361 e. The van der Waals surface area contributed by atoms with E-state index in [2.05, 4.69) is 43.1 Å². The molecule has 1 aromatic rings. The Morgan fingerprint density at radius 2 is 2.17 bits per heavy atom. The van der Waals surface area contributed by atoms with E-state index in [0.29, 0.717) is 0 Å². The molecule has 0 aliphatic carbocycles. The first-order valence-electron chi connectivity index (χ1n) is 6.93. The number of aromatic nitrogens is 1. The van der Waals surface area contributed by atoms with Crippen LogP contribution in [0.4, 0.5) is 0 Å². The summed E-state index contributed by atoms with van der Waals surface area (Å²) in [5.41, 5.74) is 2.51. The maximum Gasteiger partial charge on any atom is 0.142 e. The van der Waals surface area contributed by atoms with Gasteiger partial charge in [-0.05, 0) is 33.7 Å². The molecule has 0 saturated carbocycles. The Balaban J connectivity index is 2.04. The van der Waals surface area contributed by atoms with E-state index in [4.69, 9.17) is 4.52 Å². The van der Waals surface area contributed by atoms with Crippen LogP contribution in [-0.2, 0) is 19.5 Å². The van der Waals surface area contributed by atoms with E-state index in [-0.39, 0.29) is 5.54 Å². The molecule has 4 nitrogen and oxygen atoms in total. The maximum absolute atomic E-state index is 5.46. The van der Waals surface area contributed by atoms with Gasteiger partial charge in [-0.1, -0.05) is 12.1 Å². The molecule has 0 radical (unpaired) electrons. The fraction of sp³-hybridized carbons (Fsp3) is 0.786. The molecule has 4 heteroatoms. The molecular weight excluding hydrogens is 226 g/mol. The first-order valence-corrected chi connectivity index (χ1v) is 6.93. The van der Waals surface area contributed by atoms with Crippen molar-refractivity contribution in [2.75, 3.05) is 13.1 Å². The van der Waals surface area contributed by atoms with Gasteiger partial charge in [0.1, 0.15) is 11.5 Å². The van der Waals surface area contributed by atoms with Crippen LogP contribution in [0.1, 0.15) is 51.1 Å². The summed E-state index contributed by atoms with van der Waals surface area (Å²) >= 11 is 0. The molecule has 1 aliphatic rings. The fourth-order valence-electron chi connectivity index (χ4n) is 2.31. The summed E-state index contributed by atoms with van der Waals surface area (Å²) in [5.74, 6) is 1.09. The van der Waals surface area contributed by atoms with Crippen molar-refractivity contribution in [3.63, 3.8) is 0 Å². The number of fused-ring (bicyclic) bond motifs is 1. The molecule has 0 saturated heterocycles. The lowest BCUT2D eigenvalue weighted by Gasteiger charge is -2.26. The second-order valence-corrected chi connectivity index (χ2v) is 6.16. The topological polar surface area (TPSA) is 41.3 Å². The van der Waals surface area contributed by atoms with Crippen molar-refractivity contribution < 1.29 is 4.52 Å². The standard InChI is InChI=1S/C14H25N3O/c1-5-7-17-8-6-13-11(10-17)12(16-18-13)9-15-14(2,3)4/h15H,5-10H2,1-4H3. The summed E-state index contributed by atoms with van der Waals surface area (Å²) in [6.07, 6.45) is 2.20. The van der Waals surface area contributed by atoms with E-state index in [1.54, 1.807) is 0 Å². The molecular formula is C14H25N3O. The van der Waals surface area contributed by atoms with Gasteiger partial charge in [0, 0.05) is 37.2 Å². The van der Waals surface area contributed by atoms with Crippen LogP contribution in [0.25, 0.3) is 0 Å². The van der Waals surface area contributed by atoms with Gasteiger partial charge in [0.05, 0.1) is 0 Å². The molecule has 1 N–H and O–H groups in total. The van der Waals surface area contributed by atoms with Gasteiger partial charge in [-0.2, -0.15) is 0 Å². The number of hydrogen-bond acceptors (Lipinski definition) is 4. The van der Waals surface area contributed by atoms with E-state index >= 15 is 0 Å². The fourth-order valence-corrected chi connectivity index (χ4v) is 2.31. The van der Waals surface area contributed by atoms with E-state index in [0.717, 1.165) is 44.1 Å². The molecule has 2 heterocycles. The van der Waals surface area contributed by atoms with E-state index < -0.39 is 0 Å². The third kappa shape index (κ3) is 3.33. The molecule has 0 aromatic carbocycles. The maximum atomic E-state index is 5.46. The van der Waals surface area contributed by atoms with Gasteiger partial charge < -0.3 is 9.84 Å². The van der Waals surface area contributed by atoms with E-state index in [9.17, 15) is 0 Å². The zero-order valence-corrected chi connectivity index (χ0v) is 12.0. The molecule has 0 bridgehead atoms. The second kappa shape index (κ2) is 5.41. The zero-order valence-electron chi connectivity index (χ0n) is 12.0. The molecule has 0 spiro atoms. The third-order valence-corrected chi connectivity index (χ3v) is 3.31. The normalized spacial score (nSPS) is 16.9. The first-order chi connectivity index (χ1) is 8.49. The van der Waals surface area contributed by atoms with Crippen LogP contribution in [0.3, 0.4) is 0 Å². The van der Waals surface area contributed by atoms with Gasteiger partial charge in [-0.3, -0.25) is 4.90 Å². The van der Waals surface area contributed by atoms with E-state index in [1.165, 1.54) is 12.0 Å². The summed E-state index contributed by atoms with van der Waals surface area (Å²) in [5, 5.41) is 7.71. The Morgan fingerprint density at radius 3 is 2.83 bits per heavy atom. The van der Waals surface area contributed by atoms with Crippen molar-refractivity contribution in [1.82, 2.24) is 15.4 Å². The lowest BCUT2D eigenvalue weighted by molar-refractivity contribution is 0.237. The van der Waals surface area contributed by atoms with Crippen molar-refractivity contribution in [2.45, 2.75) is 59.2 Å². The SMILES string of the molecule is CCCN1CCc2onc(CNC(C)(C)C)c2C1. The Morgan fingerprint density at radius 1 is 1.39 bits per heavy atom. The molecule has 0 unspecified atom stereocenters. The van der Waals surface area contributed by atoms with Crippen molar-refractivity contribution in [1.29, 1.82) is 0 Å². The zero-order chi connectivity index (χ0) is 13.2. The minimum absolute atomic E-state index is 0.115. The number of rotatable bonds is 4. The Bertz CT molecular complexity index is 392. The van der Waals surface area contributed by atoms with Crippen molar-refractivity contribution in [3.05, 3.63) is 17.0 Å². The predicted octanol–water partition coefficient (Wildman–Crippen LogP) is 2.33. The summed E-state index contributed by atoms with van der Waals surface area (Å²) in [4.78, 5) is 2.49. The lowest BCUT2D eigenvalue weighted by atomic mass is 10.0. The minimum atomic E-state index is 0.115. The smallest absolute Gasteiger partial charge is 0.142 e. The van der Waals surface area contributed by atoms with Crippen LogP contribution in [0.15, 0.2) is 4.52 Å². The van der Waals surface area contributed by atoms with Gasteiger partial charge in [0.15, 0.2) is 0 Å². The molecule has 18 heavy (non-hydrogen) atoms. The Labute approximate surface area is 110 Å². The van der Waals surface area contributed by atoms with Crippen LogP contribution in [0, 0.1) is 0 Å². The third-order valence-electron chi connectivity index (χ3n) is 3.31. The van der Waals surface area contributed by atoms with Crippen LogP contribution in [0.5, 0.6) is 0 Å². The molecule has 2 rings (SSSR count). The van der Waals surface area contributed by atoms with Gasteiger partial charge in [0.2, 0.25) is 0 Å². The lowest BCUT2D eigenvalue weighted by Crippen LogP contribution is -2.36. The minimum Gasteiger partial charge on any atom is -0.361 e. The van der Waals surface area contributed by atoms with Crippen LogP contribution in [0.2, 0.25) is 0 Å². The van der Waals surface area contributed by atoms with Crippen LogP contribution >= 0.6 is 0 Å². The molecule has 102 valence electrons. The highest BCUT2D eigenvalue weighted by Crippen LogP contribution is 2.22. The second-order valence-electron chi connectivity index (χ2n) is 6.16. The van der Waals surface area contributed by atoms with Gasteiger partial charge in [-0.25, -0.2) is 0 Å². The summed E-state index contributed by atoms with van der Waals surface area (Å²) in [6.45, 7) is 12.8. The highest BCUT2D eigenvalue weighted by Gasteiger charge is 2.24. The number of nitrogens with one attached hydrogen (secondary N) is 1. The summed E-state index contributed by atoms with van der Waals surface area (Å²) in [7, 11) is 0. The Kier molecular flexibility index (Phi) is 4.07. The highest BCUT2D eigenvalue weighted by atomic mass is 16.5. The molecule has 1 aliphatic heterocycles. The highest BCUT2D eigenvalue weighted by molar-refractivity contribution is 5.25.